The van der Waals surface area contributed by atoms with E-state index in [9.17, 15) is 0 Å². The van der Waals surface area contributed by atoms with E-state index in [-0.39, 0.29) is 5.84 Å². The molecule has 0 bridgehead atoms. The minimum absolute atomic E-state index is 0.162. The van der Waals surface area contributed by atoms with Crippen LogP contribution in [0.5, 0.6) is 0 Å². The van der Waals surface area contributed by atoms with E-state index in [4.69, 9.17) is 10.9 Å². The van der Waals surface area contributed by atoms with Crippen molar-refractivity contribution in [1.82, 2.24) is 4.90 Å². The summed E-state index contributed by atoms with van der Waals surface area (Å²) in [6.45, 7) is 7.60. The molecule has 0 radical (unpaired) electrons. The number of nitrogens with two attached hydrogens (primary N) is 1. The predicted molar refractivity (Wildman–Crippen MR) is 87.2 cm³/mol. The molecule has 0 aromatic heterocycles. The second-order valence-corrected chi connectivity index (χ2v) is 5.79. The lowest BCUT2D eigenvalue weighted by atomic mass is 10.1. The molecule has 5 nitrogen and oxygen atoms in total. The van der Waals surface area contributed by atoms with E-state index in [0.717, 1.165) is 24.2 Å². The fourth-order valence-corrected chi connectivity index (χ4v) is 3.17. The van der Waals surface area contributed by atoms with Gasteiger partial charge in [0.25, 0.3) is 0 Å². The third-order valence-electron chi connectivity index (χ3n) is 4.42. The van der Waals surface area contributed by atoms with Crippen molar-refractivity contribution in [2.45, 2.75) is 32.7 Å². The molecule has 1 unspecified atom stereocenters. The number of likely N-dealkylation sites (tertiary alicyclic amines) is 1. The first-order valence-electron chi connectivity index (χ1n) is 7.60. The zero-order valence-electron chi connectivity index (χ0n) is 13.2. The molecule has 116 valence electrons. The summed E-state index contributed by atoms with van der Waals surface area (Å²) in [5, 5.41) is 11.9. The van der Waals surface area contributed by atoms with Gasteiger partial charge in [-0.2, -0.15) is 0 Å². The number of anilines is 1. The first-order valence-corrected chi connectivity index (χ1v) is 7.60. The average molecular weight is 290 g/mol. The maximum Gasteiger partial charge on any atom is 0.170 e. The molecule has 0 amide bonds. The van der Waals surface area contributed by atoms with E-state index in [1.165, 1.54) is 25.1 Å². The van der Waals surface area contributed by atoms with Gasteiger partial charge in [-0.25, -0.2) is 0 Å². The summed E-state index contributed by atoms with van der Waals surface area (Å²) in [6.07, 6.45) is 2.58. The molecule has 3 N–H and O–H groups in total. The minimum Gasteiger partial charge on any atom is -0.409 e. The van der Waals surface area contributed by atoms with Crippen LogP contribution in [0.15, 0.2) is 23.4 Å². The highest BCUT2D eigenvalue weighted by molar-refractivity contribution is 5.98. The molecule has 1 heterocycles. The summed E-state index contributed by atoms with van der Waals surface area (Å²) >= 11 is 0. The average Bonchev–Trinajstić information content (AvgIpc) is 2.93. The van der Waals surface area contributed by atoms with Crippen molar-refractivity contribution in [3.8, 4) is 0 Å². The van der Waals surface area contributed by atoms with Crippen LogP contribution in [-0.4, -0.2) is 48.7 Å². The number of amidine groups is 1. The van der Waals surface area contributed by atoms with Gasteiger partial charge in [0.2, 0.25) is 0 Å². The Bertz CT molecular complexity index is 515. The predicted octanol–water partition coefficient (Wildman–Crippen LogP) is 2.01. The second-order valence-electron chi connectivity index (χ2n) is 5.79. The summed E-state index contributed by atoms with van der Waals surface area (Å²) in [5.41, 5.74) is 8.65. The van der Waals surface area contributed by atoms with Gasteiger partial charge in [-0.1, -0.05) is 12.1 Å². The van der Waals surface area contributed by atoms with Crippen molar-refractivity contribution in [2.24, 2.45) is 10.9 Å². The monoisotopic (exact) mass is 290 g/mol. The largest absolute Gasteiger partial charge is 0.409 e. The SMILES string of the molecule is CCN1CCCC1CN(C)c1ccc(/C(N)=N/O)c(C)c1. The number of rotatable bonds is 5. The topological polar surface area (TPSA) is 65.1 Å². The molecule has 0 saturated carbocycles. The van der Waals surface area contributed by atoms with E-state index in [0.29, 0.717) is 6.04 Å². The van der Waals surface area contributed by atoms with Gasteiger partial charge < -0.3 is 15.8 Å². The molecule has 1 atom stereocenters. The highest BCUT2D eigenvalue weighted by Gasteiger charge is 2.24. The van der Waals surface area contributed by atoms with Gasteiger partial charge >= 0.3 is 0 Å². The van der Waals surface area contributed by atoms with Crippen molar-refractivity contribution in [3.05, 3.63) is 29.3 Å². The van der Waals surface area contributed by atoms with Gasteiger partial charge in [-0.05, 0) is 56.6 Å². The lowest BCUT2D eigenvalue weighted by Gasteiger charge is -2.29. The van der Waals surface area contributed by atoms with Crippen LogP contribution in [0.3, 0.4) is 0 Å². The summed E-state index contributed by atoms with van der Waals surface area (Å²) in [6, 6.07) is 6.69. The van der Waals surface area contributed by atoms with Gasteiger partial charge in [0.05, 0.1) is 0 Å². The molecule has 5 heteroatoms. The van der Waals surface area contributed by atoms with E-state index in [1.54, 1.807) is 0 Å². The molecule has 0 spiro atoms. The Kier molecular flexibility index (Phi) is 5.07. The fraction of sp³-hybridized carbons (Fsp3) is 0.562. The second kappa shape index (κ2) is 6.80. The Morgan fingerprint density at radius 3 is 2.90 bits per heavy atom. The molecule has 1 aromatic carbocycles. The number of hydrogen-bond donors (Lipinski definition) is 2. The number of likely N-dealkylation sites (N-methyl/N-ethyl adjacent to an activating group) is 2. The first kappa shape index (κ1) is 15.6. The Morgan fingerprint density at radius 1 is 1.52 bits per heavy atom. The van der Waals surface area contributed by atoms with Crippen LogP contribution in [0.1, 0.15) is 30.9 Å². The van der Waals surface area contributed by atoms with Crippen LogP contribution in [0, 0.1) is 6.92 Å². The van der Waals surface area contributed by atoms with Crippen LogP contribution in [0.25, 0.3) is 0 Å². The van der Waals surface area contributed by atoms with E-state index >= 15 is 0 Å². The van der Waals surface area contributed by atoms with Crippen molar-refractivity contribution >= 4 is 11.5 Å². The number of benzene rings is 1. The Morgan fingerprint density at radius 2 is 2.29 bits per heavy atom. The smallest absolute Gasteiger partial charge is 0.170 e. The van der Waals surface area contributed by atoms with Gasteiger partial charge in [0.15, 0.2) is 5.84 Å². The lowest BCUT2D eigenvalue weighted by Crippen LogP contribution is -2.38. The molecule has 2 rings (SSSR count). The summed E-state index contributed by atoms with van der Waals surface area (Å²) in [4.78, 5) is 4.84. The highest BCUT2D eigenvalue weighted by atomic mass is 16.4. The van der Waals surface area contributed by atoms with Crippen molar-refractivity contribution in [3.63, 3.8) is 0 Å². The third kappa shape index (κ3) is 3.47. The molecular formula is C16H26N4O. The Labute approximate surface area is 127 Å². The summed E-state index contributed by atoms with van der Waals surface area (Å²) < 4.78 is 0. The van der Waals surface area contributed by atoms with Gasteiger partial charge in [0, 0.05) is 30.9 Å². The van der Waals surface area contributed by atoms with E-state index < -0.39 is 0 Å². The standard InChI is InChI=1S/C16H26N4O/c1-4-20-9-5-6-14(20)11-19(3)13-7-8-15(12(2)10-13)16(17)18-21/h7-8,10,14,21H,4-6,9,11H2,1-3H3,(H2,17,18). The van der Waals surface area contributed by atoms with Crippen LogP contribution in [0.4, 0.5) is 5.69 Å². The lowest BCUT2D eigenvalue weighted by molar-refractivity contribution is 0.270. The summed E-state index contributed by atoms with van der Waals surface area (Å²) in [7, 11) is 2.13. The number of hydrogen-bond acceptors (Lipinski definition) is 4. The molecule has 1 aromatic rings. The number of nitrogens with zero attached hydrogens (tertiary/aromatic N) is 3. The fourth-order valence-electron chi connectivity index (χ4n) is 3.17. The van der Waals surface area contributed by atoms with Gasteiger partial charge in [-0.3, -0.25) is 4.90 Å². The molecule has 1 saturated heterocycles. The van der Waals surface area contributed by atoms with Crippen LogP contribution in [-0.2, 0) is 0 Å². The van der Waals surface area contributed by atoms with Gasteiger partial charge in [0.1, 0.15) is 0 Å². The normalized spacial score (nSPS) is 20.0. The molecule has 1 aliphatic rings. The van der Waals surface area contributed by atoms with Crippen LogP contribution in [0.2, 0.25) is 0 Å². The van der Waals surface area contributed by atoms with E-state index in [1.807, 2.05) is 19.1 Å². The maximum atomic E-state index is 8.78. The van der Waals surface area contributed by atoms with Crippen LogP contribution < -0.4 is 10.6 Å². The van der Waals surface area contributed by atoms with Crippen molar-refractivity contribution in [2.75, 3.05) is 31.6 Å². The van der Waals surface area contributed by atoms with Crippen LogP contribution >= 0.6 is 0 Å². The number of aryl methyl sites for hydroxylation is 1. The molecule has 0 aliphatic carbocycles. The zero-order chi connectivity index (χ0) is 15.4. The molecule has 1 fully saturated rings. The maximum absolute atomic E-state index is 8.78. The minimum atomic E-state index is 0.162. The number of oxime groups is 1. The van der Waals surface area contributed by atoms with Crippen molar-refractivity contribution < 1.29 is 5.21 Å². The van der Waals surface area contributed by atoms with E-state index in [2.05, 4.69) is 35.0 Å². The van der Waals surface area contributed by atoms with Crippen molar-refractivity contribution in [1.29, 1.82) is 0 Å². The Balaban J connectivity index is 2.09. The highest BCUT2D eigenvalue weighted by Crippen LogP contribution is 2.22. The Hall–Kier alpha value is -1.75. The first-order chi connectivity index (χ1) is 10.1. The summed E-state index contributed by atoms with van der Waals surface area (Å²) in [5.74, 6) is 0.162. The van der Waals surface area contributed by atoms with Gasteiger partial charge in [-0.15, -0.1) is 0 Å². The molecule has 21 heavy (non-hydrogen) atoms. The third-order valence-corrected chi connectivity index (χ3v) is 4.42. The molecular weight excluding hydrogens is 264 g/mol. The quantitative estimate of drug-likeness (QED) is 0.377. The molecule has 1 aliphatic heterocycles. The zero-order valence-corrected chi connectivity index (χ0v) is 13.2.